The fourth-order valence-electron chi connectivity index (χ4n) is 2.28. The molecule has 1 aliphatic heterocycles. The Labute approximate surface area is 128 Å². The molecule has 0 saturated heterocycles. The highest BCUT2D eigenvalue weighted by atomic mass is 32.2. The smallest absolute Gasteiger partial charge is 0.305 e. The van der Waals surface area contributed by atoms with Crippen LogP contribution < -0.4 is 0 Å². The van der Waals surface area contributed by atoms with E-state index in [1.807, 2.05) is 48.7 Å². The van der Waals surface area contributed by atoms with Crippen LogP contribution in [0.15, 0.2) is 36.0 Å². The monoisotopic (exact) mass is 305 g/mol. The molecule has 0 aliphatic carbocycles. The number of phenolic OH excluding ortho intramolecular Hbond substituents is 1. The average molecular weight is 305 g/mol. The zero-order valence-corrected chi connectivity index (χ0v) is 12.9. The van der Waals surface area contributed by atoms with E-state index < -0.39 is 5.97 Å². The van der Waals surface area contributed by atoms with E-state index in [4.69, 9.17) is 5.11 Å². The third-order valence-electron chi connectivity index (χ3n) is 3.24. The maximum Gasteiger partial charge on any atom is 0.305 e. The standard InChI is InChI=1S/C16H19NO3S/c1-11(2)16-12(4-3-5-13(16)18)14-10-17(8-9-21-14)7-6-15(19)20/h3-5,8-11,18H,6-7H2,1-2H3,(H,19,20). The number of thioether (sulfide) groups is 1. The van der Waals surface area contributed by atoms with Crippen LogP contribution >= 0.6 is 11.8 Å². The van der Waals surface area contributed by atoms with Crippen LogP contribution in [0.2, 0.25) is 0 Å². The van der Waals surface area contributed by atoms with Crippen LogP contribution in [0, 0.1) is 0 Å². The molecule has 0 aromatic heterocycles. The van der Waals surface area contributed by atoms with Crippen LogP contribution in [-0.2, 0) is 4.79 Å². The summed E-state index contributed by atoms with van der Waals surface area (Å²) in [5, 5.41) is 20.8. The second kappa shape index (κ2) is 6.72. The van der Waals surface area contributed by atoms with Gasteiger partial charge in [-0.25, -0.2) is 0 Å². The first-order valence-corrected chi connectivity index (χ1v) is 7.72. The Bertz CT molecular complexity index is 593. The van der Waals surface area contributed by atoms with Gasteiger partial charge in [-0.05, 0) is 23.0 Å². The summed E-state index contributed by atoms with van der Waals surface area (Å²) in [5.41, 5.74) is 1.92. The molecule has 112 valence electrons. The summed E-state index contributed by atoms with van der Waals surface area (Å²) in [6, 6.07) is 5.52. The van der Waals surface area contributed by atoms with Gasteiger partial charge in [0.05, 0.1) is 6.42 Å². The van der Waals surface area contributed by atoms with Crippen LogP contribution in [0.4, 0.5) is 0 Å². The third kappa shape index (κ3) is 3.82. The third-order valence-corrected chi connectivity index (χ3v) is 4.08. The second-order valence-corrected chi connectivity index (χ2v) is 6.12. The van der Waals surface area contributed by atoms with E-state index in [1.165, 1.54) is 0 Å². The van der Waals surface area contributed by atoms with Crippen molar-refractivity contribution < 1.29 is 15.0 Å². The Morgan fingerprint density at radius 3 is 2.81 bits per heavy atom. The molecular formula is C16H19NO3S. The molecule has 0 radical (unpaired) electrons. The summed E-state index contributed by atoms with van der Waals surface area (Å²) in [6.07, 6.45) is 3.90. The van der Waals surface area contributed by atoms with E-state index >= 15 is 0 Å². The van der Waals surface area contributed by atoms with Crippen molar-refractivity contribution in [2.75, 3.05) is 6.54 Å². The fraction of sp³-hybridized carbons (Fsp3) is 0.312. The van der Waals surface area contributed by atoms with Gasteiger partial charge in [-0.2, -0.15) is 0 Å². The highest BCUT2D eigenvalue weighted by Crippen LogP contribution is 2.39. The van der Waals surface area contributed by atoms with Crippen molar-refractivity contribution in [3.05, 3.63) is 47.1 Å². The first-order chi connectivity index (χ1) is 9.99. The summed E-state index contributed by atoms with van der Waals surface area (Å²) in [5.74, 6) is -0.298. The van der Waals surface area contributed by atoms with Crippen LogP contribution in [0.25, 0.3) is 4.91 Å². The molecule has 0 amide bonds. The number of nitrogens with zero attached hydrogens (tertiary/aromatic N) is 1. The number of benzene rings is 1. The molecule has 21 heavy (non-hydrogen) atoms. The maximum atomic E-state index is 10.7. The average Bonchev–Trinajstić information content (AvgIpc) is 2.44. The van der Waals surface area contributed by atoms with Gasteiger partial charge < -0.3 is 15.1 Å². The van der Waals surface area contributed by atoms with E-state index in [1.54, 1.807) is 17.8 Å². The predicted molar refractivity (Wildman–Crippen MR) is 85.9 cm³/mol. The quantitative estimate of drug-likeness (QED) is 0.866. The molecule has 1 heterocycles. The van der Waals surface area contributed by atoms with Gasteiger partial charge in [-0.15, -0.1) is 0 Å². The molecule has 4 nitrogen and oxygen atoms in total. The number of hydrogen-bond donors (Lipinski definition) is 2. The van der Waals surface area contributed by atoms with Gasteiger partial charge in [0.15, 0.2) is 0 Å². The van der Waals surface area contributed by atoms with E-state index in [0.29, 0.717) is 12.3 Å². The van der Waals surface area contributed by atoms with Crippen molar-refractivity contribution in [2.24, 2.45) is 0 Å². The molecule has 5 heteroatoms. The minimum atomic E-state index is -0.809. The molecule has 0 atom stereocenters. The van der Waals surface area contributed by atoms with Gasteiger partial charge in [0.1, 0.15) is 5.75 Å². The van der Waals surface area contributed by atoms with Gasteiger partial charge in [0.25, 0.3) is 0 Å². The van der Waals surface area contributed by atoms with Crippen LogP contribution in [0.1, 0.15) is 37.3 Å². The Kier molecular flexibility index (Phi) is 4.96. The second-order valence-electron chi connectivity index (χ2n) is 5.17. The van der Waals surface area contributed by atoms with Crippen molar-refractivity contribution in [3.8, 4) is 5.75 Å². The Hall–Kier alpha value is -1.88. The first-order valence-electron chi connectivity index (χ1n) is 6.84. The lowest BCUT2D eigenvalue weighted by Crippen LogP contribution is -2.16. The predicted octanol–water partition coefficient (Wildman–Crippen LogP) is 3.81. The number of carboxylic acids is 1. The number of aliphatic carboxylic acids is 1. The number of rotatable bonds is 5. The summed E-state index contributed by atoms with van der Waals surface area (Å²) < 4.78 is 0. The minimum Gasteiger partial charge on any atom is -0.508 e. The fourth-order valence-corrected chi connectivity index (χ4v) is 3.14. The summed E-state index contributed by atoms with van der Waals surface area (Å²) >= 11 is 1.57. The number of phenols is 1. The number of aromatic hydroxyl groups is 1. The van der Waals surface area contributed by atoms with Gasteiger partial charge in [-0.3, -0.25) is 4.79 Å². The molecule has 1 aromatic rings. The van der Waals surface area contributed by atoms with Gasteiger partial charge in [-0.1, -0.05) is 37.7 Å². The van der Waals surface area contributed by atoms with E-state index in [2.05, 4.69) is 0 Å². The van der Waals surface area contributed by atoms with Crippen molar-refractivity contribution in [1.82, 2.24) is 4.90 Å². The summed E-state index contributed by atoms with van der Waals surface area (Å²) in [4.78, 5) is 13.6. The molecule has 0 saturated carbocycles. The zero-order chi connectivity index (χ0) is 15.4. The van der Waals surface area contributed by atoms with E-state index in [0.717, 1.165) is 16.0 Å². The molecule has 0 spiro atoms. The van der Waals surface area contributed by atoms with Gasteiger partial charge in [0.2, 0.25) is 0 Å². The Morgan fingerprint density at radius 2 is 2.14 bits per heavy atom. The van der Waals surface area contributed by atoms with Crippen molar-refractivity contribution in [2.45, 2.75) is 26.2 Å². The molecule has 2 N–H and O–H groups in total. The number of carboxylic acid groups (broad SMARTS) is 1. The molecule has 0 fully saturated rings. The van der Waals surface area contributed by atoms with Crippen LogP contribution in [0.5, 0.6) is 5.75 Å². The normalized spacial score (nSPS) is 14.4. The van der Waals surface area contributed by atoms with E-state index in [-0.39, 0.29) is 12.3 Å². The lowest BCUT2D eigenvalue weighted by atomic mass is 9.96. The van der Waals surface area contributed by atoms with Crippen molar-refractivity contribution >= 4 is 22.6 Å². The van der Waals surface area contributed by atoms with E-state index in [9.17, 15) is 9.90 Å². The lowest BCUT2D eigenvalue weighted by Gasteiger charge is -2.23. The van der Waals surface area contributed by atoms with Crippen molar-refractivity contribution in [1.29, 1.82) is 0 Å². The summed E-state index contributed by atoms with van der Waals surface area (Å²) in [7, 11) is 0. The number of carbonyl (C=O) groups is 1. The molecule has 2 rings (SSSR count). The Morgan fingerprint density at radius 1 is 1.38 bits per heavy atom. The molecule has 1 aromatic carbocycles. The molecule has 0 unspecified atom stereocenters. The SMILES string of the molecule is CC(C)c1c(O)cccc1C1=CN(CCC(=O)O)C=CS1. The largest absolute Gasteiger partial charge is 0.508 e. The lowest BCUT2D eigenvalue weighted by molar-refractivity contribution is -0.137. The topological polar surface area (TPSA) is 60.8 Å². The van der Waals surface area contributed by atoms with Gasteiger partial charge in [0, 0.05) is 29.4 Å². The van der Waals surface area contributed by atoms with Crippen LogP contribution in [-0.4, -0.2) is 27.6 Å². The van der Waals surface area contributed by atoms with Gasteiger partial charge >= 0.3 is 5.97 Å². The van der Waals surface area contributed by atoms with Crippen molar-refractivity contribution in [3.63, 3.8) is 0 Å². The van der Waals surface area contributed by atoms with Crippen LogP contribution in [0.3, 0.4) is 0 Å². The molecular weight excluding hydrogens is 286 g/mol. The first kappa shape index (κ1) is 15.5. The molecule has 1 aliphatic rings. The highest BCUT2D eigenvalue weighted by molar-refractivity contribution is 8.11. The Balaban J connectivity index is 2.29. The zero-order valence-electron chi connectivity index (χ0n) is 12.1. The highest BCUT2D eigenvalue weighted by Gasteiger charge is 2.17. The minimum absolute atomic E-state index is 0.0931. The number of hydrogen-bond acceptors (Lipinski definition) is 4. The molecule has 0 bridgehead atoms. The maximum absolute atomic E-state index is 10.7. The summed E-state index contributed by atoms with van der Waals surface area (Å²) in [6.45, 7) is 4.53.